The average Bonchev–Trinajstić information content (AvgIpc) is 3.47. The predicted molar refractivity (Wildman–Crippen MR) is 127 cm³/mol. The third-order valence-electron chi connectivity index (χ3n) is 4.96. The van der Waals surface area contributed by atoms with E-state index in [0.29, 0.717) is 65.1 Å². The number of nitrogens with zero attached hydrogens (tertiary/aromatic N) is 4. The van der Waals surface area contributed by atoms with Crippen molar-refractivity contribution in [2.45, 2.75) is 26.8 Å². The third-order valence-corrected chi connectivity index (χ3v) is 6.00. The Hall–Kier alpha value is -3.46. The second-order valence-electron chi connectivity index (χ2n) is 7.25. The van der Waals surface area contributed by atoms with Gasteiger partial charge in [0, 0.05) is 31.0 Å². The van der Waals surface area contributed by atoms with Crippen molar-refractivity contribution in [1.82, 2.24) is 14.5 Å². The van der Waals surface area contributed by atoms with Crippen LogP contribution in [-0.4, -0.2) is 40.2 Å². The first-order valence-corrected chi connectivity index (χ1v) is 11.6. The number of aromatic nitrogens is 3. The van der Waals surface area contributed by atoms with Crippen LogP contribution in [0.4, 0.5) is 9.52 Å². The molecule has 4 rings (SSSR count). The molecule has 0 unspecified atom stereocenters. The van der Waals surface area contributed by atoms with E-state index in [2.05, 4.69) is 9.97 Å². The predicted octanol–water partition coefficient (Wildman–Crippen LogP) is 5.17. The Bertz CT molecular complexity index is 1230. The summed E-state index contributed by atoms with van der Waals surface area (Å²) in [4.78, 5) is 23.9. The highest BCUT2D eigenvalue weighted by atomic mass is 32.1. The molecule has 1 amide bonds. The van der Waals surface area contributed by atoms with Gasteiger partial charge in [-0.1, -0.05) is 11.3 Å². The molecule has 0 fully saturated rings. The molecule has 0 aliphatic carbocycles. The second kappa shape index (κ2) is 10.4. The van der Waals surface area contributed by atoms with Crippen molar-refractivity contribution in [3.05, 3.63) is 66.5 Å². The lowest BCUT2D eigenvalue weighted by Gasteiger charge is -2.21. The topological polar surface area (TPSA) is 69.5 Å². The third kappa shape index (κ3) is 5.31. The van der Waals surface area contributed by atoms with Crippen LogP contribution in [0.5, 0.6) is 11.5 Å². The van der Waals surface area contributed by atoms with Crippen LogP contribution in [0.25, 0.3) is 10.2 Å². The number of anilines is 1. The summed E-state index contributed by atoms with van der Waals surface area (Å²) in [7, 11) is 0. The Morgan fingerprint density at radius 3 is 2.70 bits per heavy atom. The monoisotopic (exact) mass is 468 g/mol. The van der Waals surface area contributed by atoms with Gasteiger partial charge in [-0.25, -0.2) is 14.4 Å². The van der Waals surface area contributed by atoms with Gasteiger partial charge in [-0.3, -0.25) is 9.69 Å². The number of rotatable bonds is 10. The van der Waals surface area contributed by atoms with Gasteiger partial charge in [0.1, 0.15) is 5.82 Å². The van der Waals surface area contributed by atoms with E-state index in [1.165, 1.54) is 23.5 Å². The Morgan fingerprint density at radius 2 is 1.94 bits per heavy atom. The lowest BCUT2D eigenvalue weighted by molar-refractivity contribution is 0.0985. The van der Waals surface area contributed by atoms with Crippen LogP contribution in [0.3, 0.4) is 0 Å². The fourth-order valence-electron chi connectivity index (χ4n) is 3.46. The van der Waals surface area contributed by atoms with E-state index < -0.39 is 0 Å². The summed E-state index contributed by atoms with van der Waals surface area (Å²) < 4.78 is 27.7. The fraction of sp³-hybridized carbons (Fsp3) is 0.292. The van der Waals surface area contributed by atoms with Gasteiger partial charge in [0.2, 0.25) is 0 Å². The number of carbonyl (C=O) groups excluding carboxylic acids is 1. The highest BCUT2D eigenvalue weighted by Crippen LogP contribution is 2.33. The maximum absolute atomic E-state index is 13.7. The molecule has 33 heavy (non-hydrogen) atoms. The van der Waals surface area contributed by atoms with Gasteiger partial charge < -0.3 is 14.0 Å². The van der Waals surface area contributed by atoms with Crippen molar-refractivity contribution in [3.63, 3.8) is 0 Å². The molecule has 0 atom stereocenters. The van der Waals surface area contributed by atoms with Gasteiger partial charge in [0.25, 0.3) is 5.91 Å². The zero-order valence-corrected chi connectivity index (χ0v) is 19.3. The Labute approximate surface area is 195 Å². The number of carbonyl (C=O) groups is 1. The number of amides is 1. The number of imidazole rings is 1. The van der Waals surface area contributed by atoms with Crippen LogP contribution in [-0.2, 0) is 6.54 Å². The largest absolute Gasteiger partial charge is 0.490 e. The van der Waals surface area contributed by atoms with Crippen molar-refractivity contribution in [2.75, 3.05) is 24.7 Å². The summed E-state index contributed by atoms with van der Waals surface area (Å²) in [6, 6.07) is 9.62. The smallest absolute Gasteiger partial charge is 0.260 e. The normalized spacial score (nSPS) is 11.0. The van der Waals surface area contributed by atoms with Gasteiger partial charge in [0.05, 0.1) is 29.8 Å². The lowest BCUT2D eigenvalue weighted by Crippen LogP contribution is -2.32. The molecule has 0 saturated carbocycles. The first-order chi connectivity index (χ1) is 16.1. The first kappa shape index (κ1) is 22.7. The molecule has 0 spiro atoms. The summed E-state index contributed by atoms with van der Waals surface area (Å²) >= 11 is 1.30. The molecule has 4 aromatic rings. The molecule has 0 N–H and O–H groups in total. The van der Waals surface area contributed by atoms with Gasteiger partial charge in [-0.2, -0.15) is 0 Å². The van der Waals surface area contributed by atoms with Crippen LogP contribution in [0, 0.1) is 5.82 Å². The van der Waals surface area contributed by atoms with E-state index in [-0.39, 0.29) is 11.7 Å². The number of hydrogen-bond donors (Lipinski definition) is 0. The quantitative estimate of drug-likeness (QED) is 0.321. The molecule has 0 aliphatic rings. The van der Waals surface area contributed by atoms with Crippen LogP contribution in [0.15, 0.2) is 55.1 Å². The SMILES string of the molecule is CCOc1ccc(C(=O)N(CCCn2ccnc2)c2nc3ccc(F)cc3s2)cc1OCC. The Kier molecular flexibility index (Phi) is 7.19. The minimum absolute atomic E-state index is 0.204. The molecule has 172 valence electrons. The van der Waals surface area contributed by atoms with Crippen molar-refractivity contribution in [2.24, 2.45) is 0 Å². The molecule has 2 aromatic heterocycles. The summed E-state index contributed by atoms with van der Waals surface area (Å²) in [6.45, 7) is 5.87. The maximum atomic E-state index is 13.7. The number of ether oxygens (including phenoxy) is 2. The molecular formula is C24H25FN4O3S. The van der Waals surface area contributed by atoms with Crippen molar-refractivity contribution < 1.29 is 18.7 Å². The summed E-state index contributed by atoms with van der Waals surface area (Å²) in [5.41, 5.74) is 1.13. The second-order valence-corrected chi connectivity index (χ2v) is 8.26. The number of thiazole rings is 1. The van der Waals surface area contributed by atoms with Crippen molar-refractivity contribution >= 4 is 32.6 Å². The van der Waals surface area contributed by atoms with Gasteiger partial charge in [0.15, 0.2) is 16.6 Å². The van der Waals surface area contributed by atoms with E-state index in [0.717, 1.165) is 0 Å². The average molecular weight is 469 g/mol. The Balaban J connectivity index is 1.65. The minimum Gasteiger partial charge on any atom is -0.490 e. The molecule has 9 heteroatoms. The van der Waals surface area contributed by atoms with Gasteiger partial charge >= 0.3 is 0 Å². The summed E-state index contributed by atoms with van der Waals surface area (Å²) in [5.74, 6) is 0.584. The number of benzene rings is 2. The Morgan fingerprint density at radius 1 is 1.12 bits per heavy atom. The van der Waals surface area contributed by atoms with E-state index in [9.17, 15) is 9.18 Å². The molecule has 0 bridgehead atoms. The molecule has 0 radical (unpaired) electrons. The van der Waals surface area contributed by atoms with Crippen LogP contribution in [0.2, 0.25) is 0 Å². The molecule has 7 nitrogen and oxygen atoms in total. The molecular weight excluding hydrogens is 443 g/mol. The van der Waals surface area contributed by atoms with Gasteiger partial charge in [-0.05, 0) is 56.7 Å². The lowest BCUT2D eigenvalue weighted by atomic mass is 10.1. The molecule has 2 aromatic carbocycles. The first-order valence-electron chi connectivity index (χ1n) is 10.8. The van der Waals surface area contributed by atoms with Crippen LogP contribution >= 0.6 is 11.3 Å². The highest BCUT2D eigenvalue weighted by molar-refractivity contribution is 7.22. The van der Waals surface area contributed by atoms with E-state index in [1.807, 2.05) is 24.6 Å². The maximum Gasteiger partial charge on any atom is 0.260 e. The van der Waals surface area contributed by atoms with Crippen LogP contribution < -0.4 is 14.4 Å². The van der Waals surface area contributed by atoms with Crippen LogP contribution in [0.1, 0.15) is 30.6 Å². The van der Waals surface area contributed by atoms with E-state index in [4.69, 9.17) is 9.47 Å². The number of fused-ring (bicyclic) bond motifs is 1. The van der Waals surface area contributed by atoms with Crippen molar-refractivity contribution in [1.29, 1.82) is 0 Å². The number of hydrogen-bond acceptors (Lipinski definition) is 6. The molecule has 0 aliphatic heterocycles. The zero-order valence-electron chi connectivity index (χ0n) is 18.5. The van der Waals surface area contributed by atoms with Gasteiger partial charge in [-0.15, -0.1) is 0 Å². The number of halogens is 1. The highest BCUT2D eigenvalue weighted by Gasteiger charge is 2.23. The zero-order chi connectivity index (χ0) is 23.2. The van der Waals surface area contributed by atoms with E-state index >= 15 is 0 Å². The number of aryl methyl sites for hydroxylation is 1. The fourth-order valence-corrected chi connectivity index (χ4v) is 4.47. The van der Waals surface area contributed by atoms with Crippen molar-refractivity contribution in [3.8, 4) is 11.5 Å². The molecule has 0 saturated heterocycles. The van der Waals surface area contributed by atoms with E-state index in [1.54, 1.807) is 41.7 Å². The molecule has 2 heterocycles. The minimum atomic E-state index is -0.330. The summed E-state index contributed by atoms with van der Waals surface area (Å²) in [6.07, 6.45) is 6.04. The standard InChI is InChI=1S/C24H25FN4O3S/c1-3-31-20-9-6-17(14-21(20)32-4-2)23(30)29(12-5-11-28-13-10-26-16-28)24-27-19-8-7-18(25)15-22(19)33-24/h6-10,13-16H,3-5,11-12H2,1-2H3. The summed E-state index contributed by atoms with van der Waals surface area (Å²) in [5, 5.41) is 0.526.